The van der Waals surface area contributed by atoms with Crippen molar-refractivity contribution in [3.8, 4) is 11.5 Å². The molecular weight excluding hydrogens is 681 g/mol. The Morgan fingerprint density at radius 3 is 2.64 bits per heavy atom. The molecule has 1 aliphatic rings. The molecular formula is C27H20Cl2FIN2O5S. The quantitative estimate of drug-likeness (QED) is 0.185. The second-order valence-corrected chi connectivity index (χ2v) is 11.1. The summed E-state index contributed by atoms with van der Waals surface area (Å²) in [6, 6.07) is 13.9. The first-order valence-corrected chi connectivity index (χ1v) is 14.1. The van der Waals surface area contributed by atoms with E-state index in [4.69, 9.17) is 32.7 Å². The normalized spacial score (nSPS) is 14.2. The van der Waals surface area contributed by atoms with Crippen molar-refractivity contribution in [1.82, 2.24) is 4.90 Å². The summed E-state index contributed by atoms with van der Waals surface area (Å²) in [7, 11) is 0. The lowest BCUT2D eigenvalue weighted by Gasteiger charge is -2.15. The van der Waals surface area contributed by atoms with Crippen LogP contribution in [0.4, 0.5) is 14.9 Å². The van der Waals surface area contributed by atoms with Gasteiger partial charge in [-0.05, 0) is 95.4 Å². The van der Waals surface area contributed by atoms with Crippen LogP contribution in [0.25, 0.3) is 6.08 Å². The zero-order valence-corrected chi connectivity index (χ0v) is 24.8. The fourth-order valence-electron chi connectivity index (χ4n) is 3.56. The van der Waals surface area contributed by atoms with Gasteiger partial charge in [-0.25, -0.2) is 4.39 Å². The summed E-state index contributed by atoms with van der Waals surface area (Å²) < 4.78 is 25.9. The van der Waals surface area contributed by atoms with Crippen molar-refractivity contribution < 1.29 is 28.2 Å². The predicted molar refractivity (Wildman–Crippen MR) is 159 cm³/mol. The number of rotatable bonds is 9. The van der Waals surface area contributed by atoms with Crippen LogP contribution in [0.15, 0.2) is 59.5 Å². The third kappa shape index (κ3) is 7.44. The minimum atomic E-state index is -0.625. The Morgan fingerprint density at radius 2 is 1.92 bits per heavy atom. The monoisotopic (exact) mass is 700 g/mol. The van der Waals surface area contributed by atoms with E-state index in [1.54, 1.807) is 36.4 Å². The molecule has 1 saturated heterocycles. The molecule has 0 radical (unpaired) electrons. The van der Waals surface area contributed by atoms with Gasteiger partial charge in [-0.15, -0.1) is 0 Å². The molecule has 1 fully saturated rings. The van der Waals surface area contributed by atoms with Crippen LogP contribution in [0.2, 0.25) is 10.0 Å². The summed E-state index contributed by atoms with van der Waals surface area (Å²) in [6.45, 7) is 1.89. The van der Waals surface area contributed by atoms with Gasteiger partial charge in [0, 0.05) is 21.3 Å². The summed E-state index contributed by atoms with van der Waals surface area (Å²) in [5.41, 5.74) is 1.58. The Morgan fingerprint density at radius 1 is 1.13 bits per heavy atom. The summed E-state index contributed by atoms with van der Waals surface area (Å²) >= 11 is 15.1. The number of carbonyl (C=O) groups is 3. The van der Waals surface area contributed by atoms with Crippen LogP contribution in [0.1, 0.15) is 18.1 Å². The molecule has 1 aliphatic heterocycles. The number of nitrogens with one attached hydrogen (secondary N) is 1. The summed E-state index contributed by atoms with van der Waals surface area (Å²) in [4.78, 5) is 38.8. The van der Waals surface area contributed by atoms with Crippen molar-refractivity contribution in [2.45, 2.75) is 13.5 Å². The molecule has 0 atom stereocenters. The summed E-state index contributed by atoms with van der Waals surface area (Å²) in [5.74, 6) is -0.796. The Balaban J connectivity index is 1.50. The van der Waals surface area contributed by atoms with Crippen LogP contribution in [0, 0.1) is 9.39 Å². The maximum Gasteiger partial charge on any atom is 0.294 e. The molecule has 4 rings (SSSR count). The minimum absolute atomic E-state index is 0.151. The lowest BCUT2D eigenvalue weighted by atomic mass is 10.1. The first-order valence-electron chi connectivity index (χ1n) is 11.5. The Hall–Kier alpha value is -2.80. The number of imide groups is 1. The highest BCUT2D eigenvalue weighted by atomic mass is 127. The standard InChI is InChI=1S/C27H20Cl2FIN2O5S/c1-2-37-22-9-15(8-21(31)25(22)38-14-16-6-7-17(28)11-20(16)29)10-23-26(35)33(27(36)39-23)13-24(34)32-19-5-3-4-18(30)12-19/h3-12H,2,13-14H2,1H3,(H,32,34)/b23-10+. The van der Waals surface area contributed by atoms with E-state index in [1.807, 2.05) is 6.92 Å². The molecule has 1 N–H and O–H groups in total. The van der Waals surface area contributed by atoms with E-state index in [9.17, 15) is 18.8 Å². The number of hydrogen-bond donors (Lipinski definition) is 1. The zero-order chi connectivity index (χ0) is 28.1. The molecule has 0 unspecified atom stereocenters. The highest BCUT2D eigenvalue weighted by Crippen LogP contribution is 2.38. The lowest BCUT2D eigenvalue weighted by molar-refractivity contribution is -0.127. The third-order valence-corrected chi connectivity index (χ3v) is 7.60. The predicted octanol–water partition coefficient (Wildman–Crippen LogP) is 7.39. The van der Waals surface area contributed by atoms with E-state index < -0.39 is 29.4 Å². The molecule has 0 aliphatic carbocycles. The molecule has 3 amide bonds. The molecule has 39 heavy (non-hydrogen) atoms. The average Bonchev–Trinajstić information content (AvgIpc) is 3.12. The molecule has 0 aromatic heterocycles. The van der Waals surface area contributed by atoms with Crippen molar-refractivity contribution in [2.75, 3.05) is 18.5 Å². The summed E-state index contributed by atoms with van der Waals surface area (Å²) in [5, 5.41) is 2.90. The summed E-state index contributed by atoms with van der Waals surface area (Å²) in [6.07, 6.45) is 1.56. The second kappa shape index (κ2) is 13.0. The Bertz CT molecular complexity index is 1490. The Kier molecular flexibility index (Phi) is 9.76. The van der Waals surface area contributed by atoms with Crippen molar-refractivity contribution in [3.63, 3.8) is 0 Å². The van der Waals surface area contributed by atoms with Gasteiger partial charge in [0.15, 0.2) is 11.5 Å². The van der Waals surface area contributed by atoms with Crippen LogP contribution >= 0.6 is 57.6 Å². The lowest BCUT2D eigenvalue weighted by Crippen LogP contribution is -2.36. The number of anilines is 1. The van der Waals surface area contributed by atoms with Gasteiger partial charge in [0.2, 0.25) is 5.91 Å². The van der Waals surface area contributed by atoms with Gasteiger partial charge in [-0.3, -0.25) is 19.3 Å². The molecule has 202 valence electrons. The number of thioether (sulfide) groups is 1. The fraction of sp³-hybridized carbons (Fsp3) is 0.148. The second-order valence-electron chi connectivity index (χ2n) is 8.11. The number of halogens is 4. The highest BCUT2D eigenvalue weighted by Gasteiger charge is 2.36. The van der Waals surface area contributed by atoms with Gasteiger partial charge < -0.3 is 14.8 Å². The maximum atomic E-state index is 13.4. The van der Waals surface area contributed by atoms with E-state index in [0.29, 0.717) is 37.3 Å². The van der Waals surface area contributed by atoms with E-state index in [-0.39, 0.29) is 17.2 Å². The van der Waals surface area contributed by atoms with Gasteiger partial charge in [0.25, 0.3) is 11.1 Å². The van der Waals surface area contributed by atoms with Gasteiger partial charge >= 0.3 is 0 Å². The molecule has 3 aromatic rings. The van der Waals surface area contributed by atoms with Crippen molar-refractivity contribution in [2.24, 2.45) is 0 Å². The van der Waals surface area contributed by atoms with Crippen LogP contribution in [-0.4, -0.2) is 35.1 Å². The maximum absolute atomic E-state index is 13.4. The van der Waals surface area contributed by atoms with Crippen LogP contribution in [0.5, 0.6) is 11.5 Å². The minimum Gasteiger partial charge on any atom is -0.490 e. The molecule has 1 heterocycles. The number of carbonyl (C=O) groups excluding carboxylic acids is 3. The Labute approximate surface area is 251 Å². The van der Waals surface area contributed by atoms with Gasteiger partial charge in [-0.1, -0.05) is 35.3 Å². The molecule has 12 heteroatoms. The van der Waals surface area contributed by atoms with E-state index in [0.717, 1.165) is 28.3 Å². The van der Waals surface area contributed by atoms with Crippen LogP contribution in [-0.2, 0) is 16.2 Å². The first kappa shape index (κ1) is 29.2. The average molecular weight is 701 g/mol. The van der Waals surface area contributed by atoms with E-state index in [1.165, 1.54) is 18.2 Å². The van der Waals surface area contributed by atoms with Crippen molar-refractivity contribution >= 4 is 86.4 Å². The molecule has 7 nitrogen and oxygen atoms in total. The number of nitrogens with zero attached hydrogens (tertiary/aromatic N) is 1. The fourth-order valence-corrected chi connectivity index (χ4v) is 5.64. The number of ether oxygens (including phenoxy) is 2. The number of hydrogen-bond acceptors (Lipinski definition) is 6. The smallest absolute Gasteiger partial charge is 0.294 e. The van der Waals surface area contributed by atoms with Gasteiger partial charge in [0.1, 0.15) is 19.0 Å². The van der Waals surface area contributed by atoms with Crippen molar-refractivity contribution in [1.29, 1.82) is 0 Å². The highest BCUT2D eigenvalue weighted by molar-refractivity contribution is 14.1. The van der Waals surface area contributed by atoms with E-state index in [2.05, 4.69) is 27.9 Å². The van der Waals surface area contributed by atoms with Crippen molar-refractivity contribution in [3.05, 3.63) is 90.1 Å². The number of benzene rings is 3. The third-order valence-electron chi connectivity index (χ3n) is 5.30. The first-order chi connectivity index (χ1) is 18.6. The molecule has 0 spiro atoms. The largest absolute Gasteiger partial charge is 0.490 e. The number of amides is 3. The van der Waals surface area contributed by atoms with E-state index >= 15 is 0 Å². The van der Waals surface area contributed by atoms with Crippen LogP contribution in [0.3, 0.4) is 0 Å². The topological polar surface area (TPSA) is 84.9 Å². The van der Waals surface area contributed by atoms with Crippen LogP contribution < -0.4 is 14.8 Å². The SMILES string of the molecule is CCOc1cc(/C=C2/SC(=O)N(CC(=O)Nc3cccc(F)c3)C2=O)cc(I)c1OCc1ccc(Cl)cc1Cl. The molecule has 0 bridgehead atoms. The van der Waals surface area contributed by atoms with Gasteiger partial charge in [0.05, 0.1) is 15.1 Å². The zero-order valence-electron chi connectivity index (χ0n) is 20.3. The molecule has 0 saturated carbocycles. The van der Waals surface area contributed by atoms with Gasteiger partial charge in [-0.2, -0.15) is 0 Å². The molecule has 3 aromatic carbocycles.